The molecule has 28 heavy (non-hydrogen) atoms. The summed E-state index contributed by atoms with van der Waals surface area (Å²) < 4.78 is 22.8. The SMILES string of the molecule is Cc1cc(OC(F)=C(c2ccccc2)c2ccccc2)n(-c2ccccc2)n1. The Morgan fingerprint density at radius 1 is 0.786 bits per heavy atom. The Morgan fingerprint density at radius 2 is 1.29 bits per heavy atom. The van der Waals surface area contributed by atoms with Crippen LogP contribution in [0.25, 0.3) is 11.3 Å². The molecule has 3 nitrogen and oxygen atoms in total. The quantitative estimate of drug-likeness (QED) is 0.406. The lowest BCUT2D eigenvalue weighted by Gasteiger charge is -2.12. The van der Waals surface area contributed by atoms with Crippen molar-refractivity contribution in [1.29, 1.82) is 0 Å². The van der Waals surface area contributed by atoms with E-state index in [1.165, 1.54) is 0 Å². The second kappa shape index (κ2) is 7.92. The summed E-state index contributed by atoms with van der Waals surface area (Å²) in [5, 5.41) is 4.44. The van der Waals surface area contributed by atoms with E-state index in [1.807, 2.05) is 97.9 Å². The average molecular weight is 370 g/mol. The molecule has 138 valence electrons. The van der Waals surface area contributed by atoms with Crippen LogP contribution in [0.1, 0.15) is 16.8 Å². The maximum atomic E-state index is 15.4. The highest BCUT2D eigenvalue weighted by Gasteiger charge is 2.17. The molecular formula is C24H19FN2O. The Morgan fingerprint density at radius 3 is 1.82 bits per heavy atom. The van der Waals surface area contributed by atoms with Crippen LogP contribution in [-0.4, -0.2) is 9.78 Å². The molecule has 0 fully saturated rings. The van der Waals surface area contributed by atoms with Gasteiger partial charge in [-0.25, -0.2) is 4.68 Å². The molecule has 0 spiro atoms. The van der Waals surface area contributed by atoms with Gasteiger partial charge in [0.2, 0.25) is 5.88 Å². The molecule has 0 saturated heterocycles. The van der Waals surface area contributed by atoms with E-state index in [1.54, 1.807) is 10.7 Å². The molecule has 0 saturated carbocycles. The lowest BCUT2D eigenvalue weighted by molar-refractivity contribution is 0.289. The number of aryl methyl sites for hydroxylation is 1. The number of nitrogens with zero attached hydrogens (tertiary/aromatic N) is 2. The second-order valence-electron chi connectivity index (χ2n) is 6.35. The monoisotopic (exact) mass is 370 g/mol. The number of benzene rings is 3. The number of rotatable bonds is 5. The van der Waals surface area contributed by atoms with Crippen molar-refractivity contribution in [2.24, 2.45) is 0 Å². The topological polar surface area (TPSA) is 27.1 Å². The number of hydrogen-bond acceptors (Lipinski definition) is 2. The first-order valence-corrected chi connectivity index (χ1v) is 9.03. The predicted octanol–water partition coefficient (Wildman–Crippen LogP) is 5.95. The Balaban J connectivity index is 1.80. The average Bonchev–Trinajstić information content (AvgIpc) is 3.10. The summed E-state index contributed by atoms with van der Waals surface area (Å²) in [6.45, 7) is 1.85. The Bertz CT molecular complexity index is 1050. The molecule has 3 aromatic carbocycles. The first-order valence-electron chi connectivity index (χ1n) is 9.03. The zero-order valence-electron chi connectivity index (χ0n) is 15.4. The van der Waals surface area contributed by atoms with Crippen LogP contribution >= 0.6 is 0 Å². The highest BCUT2D eigenvalue weighted by molar-refractivity contribution is 5.80. The molecule has 4 aromatic rings. The van der Waals surface area contributed by atoms with E-state index in [9.17, 15) is 0 Å². The van der Waals surface area contributed by atoms with Crippen LogP contribution < -0.4 is 4.74 Å². The summed E-state index contributed by atoms with van der Waals surface area (Å²) in [5.41, 5.74) is 3.44. The molecule has 4 heteroatoms. The number of ether oxygens (including phenoxy) is 1. The van der Waals surface area contributed by atoms with E-state index >= 15 is 4.39 Å². The highest BCUT2D eigenvalue weighted by Crippen LogP contribution is 2.30. The molecule has 0 N–H and O–H groups in total. The van der Waals surface area contributed by atoms with Crippen LogP contribution in [0.5, 0.6) is 5.88 Å². The van der Waals surface area contributed by atoms with Gasteiger partial charge in [0, 0.05) is 6.07 Å². The van der Waals surface area contributed by atoms with Crippen LogP contribution in [-0.2, 0) is 0 Å². The smallest absolute Gasteiger partial charge is 0.288 e. The predicted molar refractivity (Wildman–Crippen MR) is 109 cm³/mol. The normalized spacial score (nSPS) is 10.5. The maximum Gasteiger partial charge on any atom is 0.288 e. The van der Waals surface area contributed by atoms with Gasteiger partial charge >= 0.3 is 0 Å². The fraction of sp³-hybridized carbons (Fsp3) is 0.0417. The van der Waals surface area contributed by atoms with Crippen molar-refractivity contribution < 1.29 is 9.13 Å². The van der Waals surface area contributed by atoms with Gasteiger partial charge in [0.1, 0.15) is 0 Å². The van der Waals surface area contributed by atoms with Crippen molar-refractivity contribution in [1.82, 2.24) is 9.78 Å². The van der Waals surface area contributed by atoms with E-state index < -0.39 is 6.01 Å². The fourth-order valence-electron chi connectivity index (χ4n) is 3.05. The van der Waals surface area contributed by atoms with E-state index in [-0.39, 0.29) is 0 Å². The largest absolute Gasteiger partial charge is 0.412 e. The molecule has 1 aromatic heterocycles. The zero-order valence-corrected chi connectivity index (χ0v) is 15.4. The van der Waals surface area contributed by atoms with Gasteiger partial charge in [-0.3, -0.25) is 0 Å². The summed E-state index contributed by atoms with van der Waals surface area (Å²) in [4.78, 5) is 0. The van der Waals surface area contributed by atoms with Gasteiger partial charge in [-0.05, 0) is 30.2 Å². The highest BCUT2D eigenvalue weighted by atomic mass is 19.1. The summed E-state index contributed by atoms with van der Waals surface area (Å²) in [5.74, 6) is 0.325. The van der Waals surface area contributed by atoms with Crippen LogP contribution in [0.2, 0.25) is 0 Å². The molecular weight excluding hydrogens is 351 g/mol. The van der Waals surface area contributed by atoms with Gasteiger partial charge in [-0.1, -0.05) is 78.9 Å². The molecule has 0 radical (unpaired) electrons. The third kappa shape index (κ3) is 3.71. The van der Waals surface area contributed by atoms with Gasteiger partial charge in [0.15, 0.2) is 0 Å². The molecule has 4 rings (SSSR count). The summed E-state index contributed by atoms with van der Waals surface area (Å²) in [7, 11) is 0. The molecule has 0 aliphatic carbocycles. The van der Waals surface area contributed by atoms with Crippen LogP contribution in [0.3, 0.4) is 0 Å². The summed E-state index contributed by atoms with van der Waals surface area (Å²) in [6, 6.07) is 29.4. The molecule has 0 aliphatic rings. The minimum Gasteiger partial charge on any atom is -0.412 e. The lowest BCUT2D eigenvalue weighted by atomic mass is 9.99. The lowest BCUT2D eigenvalue weighted by Crippen LogP contribution is -2.03. The molecule has 1 heterocycles. The van der Waals surface area contributed by atoms with Gasteiger partial charge in [-0.2, -0.15) is 9.49 Å². The standard InChI is InChI=1S/C24H19FN2O/c1-18-17-22(27(26-18)21-15-9-4-10-16-21)28-24(25)23(19-11-5-2-6-12-19)20-13-7-3-8-14-20/h2-17H,1H3. The second-order valence-corrected chi connectivity index (χ2v) is 6.35. The van der Waals surface area contributed by atoms with Crippen molar-refractivity contribution in [2.45, 2.75) is 6.92 Å². The Labute approximate surface area is 163 Å². The van der Waals surface area contributed by atoms with Gasteiger partial charge in [0.25, 0.3) is 6.01 Å². The number of aromatic nitrogens is 2. The van der Waals surface area contributed by atoms with Crippen LogP contribution in [0.4, 0.5) is 4.39 Å². The molecule has 0 unspecified atom stereocenters. The van der Waals surface area contributed by atoms with Crippen molar-refractivity contribution >= 4 is 5.57 Å². The fourth-order valence-corrected chi connectivity index (χ4v) is 3.05. The Hall–Kier alpha value is -3.66. The number of para-hydroxylation sites is 1. The number of hydrogen-bond donors (Lipinski definition) is 0. The van der Waals surface area contributed by atoms with Crippen molar-refractivity contribution in [3.05, 3.63) is 120 Å². The maximum absolute atomic E-state index is 15.4. The van der Waals surface area contributed by atoms with Crippen molar-refractivity contribution in [2.75, 3.05) is 0 Å². The molecule has 0 aliphatic heterocycles. The van der Waals surface area contributed by atoms with Crippen molar-refractivity contribution in [3.63, 3.8) is 0 Å². The van der Waals surface area contributed by atoms with E-state index in [0.29, 0.717) is 11.5 Å². The first-order chi connectivity index (χ1) is 13.7. The minimum atomic E-state index is -0.672. The van der Waals surface area contributed by atoms with Crippen LogP contribution in [0, 0.1) is 6.92 Å². The molecule has 0 atom stereocenters. The molecule has 0 bridgehead atoms. The van der Waals surface area contributed by atoms with E-state index in [0.717, 1.165) is 22.5 Å². The summed E-state index contributed by atoms with van der Waals surface area (Å²) >= 11 is 0. The summed E-state index contributed by atoms with van der Waals surface area (Å²) in [6.07, 6.45) is 0. The van der Waals surface area contributed by atoms with Gasteiger partial charge in [0.05, 0.1) is 17.0 Å². The van der Waals surface area contributed by atoms with E-state index in [2.05, 4.69) is 5.10 Å². The van der Waals surface area contributed by atoms with Gasteiger partial charge < -0.3 is 4.74 Å². The third-order valence-corrected chi connectivity index (χ3v) is 4.32. The number of halogens is 1. The minimum absolute atomic E-state index is 0.325. The van der Waals surface area contributed by atoms with Gasteiger partial charge in [-0.15, -0.1) is 0 Å². The molecule has 0 amide bonds. The Kier molecular flexibility index (Phi) is 5.02. The van der Waals surface area contributed by atoms with Crippen LogP contribution in [0.15, 0.2) is 103 Å². The zero-order chi connectivity index (χ0) is 19.3. The third-order valence-electron chi connectivity index (χ3n) is 4.32. The van der Waals surface area contributed by atoms with Crippen molar-refractivity contribution in [3.8, 4) is 11.6 Å². The van der Waals surface area contributed by atoms with E-state index in [4.69, 9.17) is 4.74 Å². The first kappa shape index (κ1) is 17.7.